The van der Waals surface area contributed by atoms with Crippen molar-refractivity contribution in [1.29, 1.82) is 0 Å². The summed E-state index contributed by atoms with van der Waals surface area (Å²) >= 11 is 0. The molecule has 102 valence electrons. The lowest BCUT2D eigenvalue weighted by Crippen LogP contribution is -2.40. The largest absolute Gasteiger partial charge is 0.388 e. The smallest absolute Gasteiger partial charge is 0.199 e. The second-order valence-electron chi connectivity index (χ2n) is 5.50. The highest BCUT2D eigenvalue weighted by molar-refractivity contribution is 5.43. The lowest BCUT2D eigenvalue weighted by molar-refractivity contribution is 0.00491. The van der Waals surface area contributed by atoms with Crippen LogP contribution in [0.25, 0.3) is 5.65 Å². The third-order valence-electron chi connectivity index (χ3n) is 3.91. The Kier molecular flexibility index (Phi) is 3.06. The lowest BCUT2D eigenvalue weighted by Gasteiger charge is -2.35. The Bertz CT molecular complexity index is 560. The van der Waals surface area contributed by atoms with Crippen molar-refractivity contribution in [2.75, 3.05) is 11.9 Å². The summed E-state index contributed by atoms with van der Waals surface area (Å²) in [5.74, 6) is 1.42. The molecule has 1 aliphatic rings. The number of aromatic nitrogens is 5. The number of hydrogen-bond donors (Lipinski definition) is 2. The summed E-state index contributed by atoms with van der Waals surface area (Å²) in [6.45, 7) is 2.74. The summed E-state index contributed by atoms with van der Waals surface area (Å²) in [6, 6.07) is 0. The van der Waals surface area contributed by atoms with Crippen molar-refractivity contribution in [3.05, 3.63) is 12.4 Å². The fourth-order valence-corrected chi connectivity index (χ4v) is 2.53. The van der Waals surface area contributed by atoms with Crippen LogP contribution < -0.4 is 5.32 Å². The van der Waals surface area contributed by atoms with Gasteiger partial charge < -0.3 is 10.4 Å². The number of anilines is 1. The summed E-state index contributed by atoms with van der Waals surface area (Å²) in [5, 5.41) is 25.1. The van der Waals surface area contributed by atoms with Gasteiger partial charge in [-0.25, -0.2) is 0 Å². The summed E-state index contributed by atoms with van der Waals surface area (Å²) in [7, 11) is 0. The van der Waals surface area contributed by atoms with E-state index in [1.807, 2.05) is 0 Å². The third kappa shape index (κ3) is 2.51. The first-order valence-electron chi connectivity index (χ1n) is 6.65. The quantitative estimate of drug-likeness (QED) is 0.853. The highest BCUT2D eigenvalue weighted by Gasteiger charge is 2.31. The molecule has 1 saturated carbocycles. The average Bonchev–Trinajstić information content (AvgIpc) is 2.89. The van der Waals surface area contributed by atoms with Gasteiger partial charge in [0.2, 0.25) is 0 Å². The van der Waals surface area contributed by atoms with E-state index in [9.17, 15) is 5.11 Å². The van der Waals surface area contributed by atoms with Crippen molar-refractivity contribution in [1.82, 2.24) is 25.0 Å². The molecule has 19 heavy (non-hydrogen) atoms. The Balaban J connectivity index is 1.70. The minimum absolute atomic E-state index is 0.500. The Morgan fingerprint density at radius 1 is 1.42 bits per heavy atom. The van der Waals surface area contributed by atoms with Gasteiger partial charge in [0.15, 0.2) is 11.5 Å². The lowest BCUT2D eigenvalue weighted by atomic mass is 9.79. The molecule has 0 spiro atoms. The molecule has 3 rings (SSSR count). The first-order chi connectivity index (χ1) is 9.16. The topological polar surface area (TPSA) is 88.2 Å². The second kappa shape index (κ2) is 4.73. The van der Waals surface area contributed by atoms with Crippen LogP contribution in [0.15, 0.2) is 12.4 Å². The summed E-state index contributed by atoms with van der Waals surface area (Å²) in [4.78, 5) is 4.08. The summed E-state index contributed by atoms with van der Waals surface area (Å²) in [5.41, 5.74) is -0.0443. The predicted octanol–water partition coefficient (Wildman–Crippen LogP) is 0.872. The molecule has 2 aromatic rings. The van der Waals surface area contributed by atoms with Gasteiger partial charge in [0.05, 0.1) is 18.0 Å². The minimum atomic E-state index is -0.636. The average molecular weight is 262 g/mol. The van der Waals surface area contributed by atoms with Crippen LogP contribution in [0, 0.1) is 5.92 Å². The third-order valence-corrected chi connectivity index (χ3v) is 3.91. The van der Waals surface area contributed by atoms with Crippen LogP contribution >= 0.6 is 0 Å². The fourth-order valence-electron chi connectivity index (χ4n) is 2.53. The normalized spacial score (nSPS) is 27.6. The Morgan fingerprint density at radius 3 is 3.00 bits per heavy atom. The zero-order valence-electron chi connectivity index (χ0n) is 11.0. The fraction of sp³-hybridized carbons (Fsp3) is 0.667. The van der Waals surface area contributed by atoms with E-state index in [4.69, 9.17) is 0 Å². The zero-order chi connectivity index (χ0) is 13.3. The van der Waals surface area contributed by atoms with E-state index in [1.165, 1.54) is 0 Å². The van der Waals surface area contributed by atoms with Gasteiger partial charge in [-0.1, -0.05) is 6.92 Å². The standard InChI is InChI=1S/C12H18N6O/c1-9-2-4-12(19,5-3-9)8-14-10-6-13-7-11-15-16-17-18(10)11/h6-7,9,14,19H,2-5,8H2,1H3. The van der Waals surface area contributed by atoms with E-state index in [-0.39, 0.29) is 0 Å². The van der Waals surface area contributed by atoms with E-state index in [0.717, 1.165) is 25.7 Å². The van der Waals surface area contributed by atoms with Gasteiger partial charge in [-0.05, 0) is 42.0 Å². The number of aliphatic hydroxyl groups is 1. The molecule has 1 fully saturated rings. The molecule has 0 aromatic carbocycles. The molecular formula is C12H18N6O. The van der Waals surface area contributed by atoms with Crippen LogP contribution in [-0.2, 0) is 0 Å². The molecular weight excluding hydrogens is 244 g/mol. The minimum Gasteiger partial charge on any atom is -0.388 e. The van der Waals surface area contributed by atoms with Gasteiger partial charge in [0.1, 0.15) is 0 Å². The van der Waals surface area contributed by atoms with Gasteiger partial charge in [0.25, 0.3) is 0 Å². The molecule has 7 nitrogen and oxygen atoms in total. The SMILES string of the molecule is CC1CCC(O)(CNc2cncc3nnnn23)CC1. The van der Waals surface area contributed by atoms with Gasteiger partial charge in [0, 0.05) is 6.54 Å². The highest BCUT2D eigenvalue weighted by Crippen LogP contribution is 2.31. The molecule has 0 radical (unpaired) electrons. The molecule has 0 bridgehead atoms. The Hall–Kier alpha value is -1.76. The van der Waals surface area contributed by atoms with Crippen molar-refractivity contribution in [2.45, 2.75) is 38.2 Å². The number of rotatable bonds is 3. The Morgan fingerprint density at radius 2 is 2.21 bits per heavy atom. The van der Waals surface area contributed by atoms with Crippen LogP contribution in [0.4, 0.5) is 5.82 Å². The van der Waals surface area contributed by atoms with Crippen LogP contribution in [0.1, 0.15) is 32.6 Å². The monoisotopic (exact) mass is 262 g/mol. The molecule has 0 aliphatic heterocycles. The Labute approximate surface area is 111 Å². The van der Waals surface area contributed by atoms with Crippen molar-refractivity contribution in [3.63, 3.8) is 0 Å². The molecule has 0 unspecified atom stereocenters. The molecule has 1 aliphatic carbocycles. The molecule has 2 N–H and O–H groups in total. The van der Waals surface area contributed by atoms with E-state index in [2.05, 4.69) is 32.7 Å². The van der Waals surface area contributed by atoms with Crippen molar-refractivity contribution in [3.8, 4) is 0 Å². The first kappa shape index (κ1) is 12.3. The van der Waals surface area contributed by atoms with Crippen LogP contribution in [0.5, 0.6) is 0 Å². The maximum absolute atomic E-state index is 10.5. The van der Waals surface area contributed by atoms with E-state index in [0.29, 0.717) is 23.9 Å². The van der Waals surface area contributed by atoms with Crippen molar-refractivity contribution >= 4 is 11.5 Å². The molecule has 2 aromatic heterocycles. The molecule has 0 amide bonds. The zero-order valence-corrected chi connectivity index (χ0v) is 11.0. The van der Waals surface area contributed by atoms with E-state index < -0.39 is 5.60 Å². The summed E-state index contributed by atoms with van der Waals surface area (Å²) < 4.78 is 1.59. The molecule has 7 heteroatoms. The van der Waals surface area contributed by atoms with Gasteiger partial charge in [-0.15, -0.1) is 5.10 Å². The number of fused-ring (bicyclic) bond motifs is 1. The van der Waals surface area contributed by atoms with E-state index >= 15 is 0 Å². The van der Waals surface area contributed by atoms with E-state index in [1.54, 1.807) is 16.9 Å². The van der Waals surface area contributed by atoms with Crippen LogP contribution in [0.2, 0.25) is 0 Å². The van der Waals surface area contributed by atoms with Crippen molar-refractivity contribution < 1.29 is 5.11 Å². The highest BCUT2D eigenvalue weighted by atomic mass is 16.3. The number of nitrogens with zero attached hydrogens (tertiary/aromatic N) is 5. The molecule has 2 heterocycles. The van der Waals surface area contributed by atoms with Gasteiger partial charge in [-0.3, -0.25) is 4.98 Å². The van der Waals surface area contributed by atoms with Crippen LogP contribution in [-0.4, -0.2) is 42.3 Å². The summed E-state index contributed by atoms with van der Waals surface area (Å²) in [6.07, 6.45) is 7.08. The number of tetrazole rings is 1. The van der Waals surface area contributed by atoms with Gasteiger partial charge in [-0.2, -0.15) is 4.52 Å². The molecule has 0 saturated heterocycles. The maximum atomic E-state index is 10.5. The van der Waals surface area contributed by atoms with Crippen LogP contribution in [0.3, 0.4) is 0 Å². The maximum Gasteiger partial charge on any atom is 0.199 e. The van der Waals surface area contributed by atoms with Gasteiger partial charge >= 0.3 is 0 Å². The van der Waals surface area contributed by atoms with Crippen molar-refractivity contribution in [2.24, 2.45) is 5.92 Å². The second-order valence-corrected chi connectivity index (χ2v) is 5.50. The molecule has 0 atom stereocenters. The predicted molar refractivity (Wildman–Crippen MR) is 69.6 cm³/mol. The number of nitrogens with one attached hydrogen (secondary N) is 1. The first-order valence-corrected chi connectivity index (χ1v) is 6.65. The number of hydrogen-bond acceptors (Lipinski definition) is 6.